The van der Waals surface area contributed by atoms with E-state index in [1.54, 1.807) is 0 Å². The number of anilines is 2. The van der Waals surface area contributed by atoms with Gasteiger partial charge >= 0.3 is 6.18 Å². The molecule has 0 aromatic carbocycles. The molecule has 2 rings (SSSR count). The summed E-state index contributed by atoms with van der Waals surface area (Å²) >= 11 is 0. The zero-order chi connectivity index (χ0) is 14.1. The van der Waals surface area contributed by atoms with Gasteiger partial charge in [0.2, 0.25) is 5.95 Å². The van der Waals surface area contributed by atoms with Gasteiger partial charge in [0.25, 0.3) is 0 Å². The maximum Gasteiger partial charge on any atom is 0.433 e. The predicted molar refractivity (Wildman–Crippen MR) is 63.9 cm³/mol. The highest BCUT2D eigenvalue weighted by Gasteiger charge is 2.35. The number of hydrogen-bond acceptors (Lipinski definition) is 5. The molecule has 19 heavy (non-hydrogen) atoms. The van der Waals surface area contributed by atoms with Gasteiger partial charge in [0.05, 0.1) is 5.60 Å². The Morgan fingerprint density at radius 1 is 1.37 bits per heavy atom. The van der Waals surface area contributed by atoms with Gasteiger partial charge in [0.15, 0.2) is 5.69 Å². The summed E-state index contributed by atoms with van der Waals surface area (Å²) in [6.07, 6.45) is -2.30. The summed E-state index contributed by atoms with van der Waals surface area (Å²) < 4.78 is 37.9. The third-order valence-corrected chi connectivity index (χ3v) is 3.12. The van der Waals surface area contributed by atoms with Gasteiger partial charge in [-0.3, -0.25) is 0 Å². The van der Waals surface area contributed by atoms with Crippen molar-refractivity contribution >= 4 is 11.8 Å². The average Bonchev–Trinajstić information content (AvgIpc) is 2.32. The molecule has 0 aliphatic heterocycles. The van der Waals surface area contributed by atoms with Gasteiger partial charge in [0.1, 0.15) is 5.82 Å². The number of aromatic nitrogens is 2. The van der Waals surface area contributed by atoms with Crippen molar-refractivity contribution in [3.63, 3.8) is 0 Å². The third kappa shape index (κ3) is 3.25. The molecule has 0 bridgehead atoms. The van der Waals surface area contributed by atoms with Crippen LogP contribution in [0.5, 0.6) is 0 Å². The molecular weight excluding hydrogens is 261 g/mol. The van der Waals surface area contributed by atoms with Crippen LogP contribution in [0.2, 0.25) is 0 Å². The van der Waals surface area contributed by atoms with Crippen molar-refractivity contribution in [2.24, 2.45) is 0 Å². The molecule has 1 aromatic rings. The first-order valence-corrected chi connectivity index (χ1v) is 5.93. The number of halogens is 3. The normalized spacial score (nSPS) is 17.7. The SMILES string of the molecule is CNc1nc(NCC2(O)CCC2)cc(C(F)(F)F)n1. The van der Waals surface area contributed by atoms with E-state index in [2.05, 4.69) is 20.6 Å². The highest BCUT2D eigenvalue weighted by atomic mass is 19.4. The number of nitrogens with one attached hydrogen (secondary N) is 2. The number of nitrogens with zero attached hydrogens (tertiary/aromatic N) is 2. The van der Waals surface area contributed by atoms with Crippen LogP contribution < -0.4 is 10.6 Å². The molecule has 0 unspecified atom stereocenters. The molecule has 0 radical (unpaired) electrons. The van der Waals surface area contributed by atoms with Crippen molar-refractivity contribution in [1.82, 2.24) is 9.97 Å². The van der Waals surface area contributed by atoms with Crippen molar-refractivity contribution < 1.29 is 18.3 Å². The molecule has 8 heteroatoms. The summed E-state index contributed by atoms with van der Waals surface area (Å²) in [5, 5.41) is 15.1. The molecular formula is C11H15F3N4O. The molecule has 0 saturated heterocycles. The lowest BCUT2D eigenvalue weighted by atomic mass is 9.80. The summed E-state index contributed by atoms with van der Waals surface area (Å²) in [7, 11) is 1.44. The van der Waals surface area contributed by atoms with Gasteiger partial charge in [-0.2, -0.15) is 18.2 Å². The lowest BCUT2D eigenvalue weighted by Crippen LogP contribution is -2.43. The third-order valence-electron chi connectivity index (χ3n) is 3.12. The van der Waals surface area contributed by atoms with E-state index in [4.69, 9.17) is 0 Å². The fraction of sp³-hybridized carbons (Fsp3) is 0.636. The van der Waals surface area contributed by atoms with Crippen LogP contribution in [0.3, 0.4) is 0 Å². The largest absolute Gasteiger partial charge is 0.433 e. The molecule has 1 aliphatic rings. The summed E-state index contributed by atoms with van der Waals surface area (Å²) in [4.78, 5) is 7.23. The quantitative estimate of drug-likeness (QED) is 0.783. The molecule has 1 heterocycles. The highest BCUT2D eigenvalue weighted by molar-refractivity contribution is 5.43. The van der Waals surface area contributed by atoms with E-state index >= 15 is 0 Å². The lowest BCUT2D eigenvalue weighted by molar-refractivity contribution is -0.141. The van der Waals surface area contributed by atoms with Crippen LogP contribution >= 0.6 is 0 Å². The minimum Gasteiger partial charge on any atom is -0.388 e. The minimum atomic E-state index is -4.53. The van der Waals surface area contributed by atoms with Crippen molar-refractivity contribution in [1.29, 1.82) is 0 Å². The van der Waals surface area contributed by atoms with Crippen LogP contribution in [-0.4, -0.2) is 34.3 Å². The van der Waals surface area contributed by atoms with Gasteiger partial charge in [-0.1, -0.05) is 0 Å². The van der Waals surface area contributed by atoms with Crippen LogP contribution in [0.1, 0.15) is 25.0 Å². The summed E-state index contributed by atoms with van der Waals surface area (Å²) in [6.45, 7) is 0.185. The Morgan fingerprint density at radius 2 is 2.05 bits per heavy atom. The first kappa shape index (κ1) is 13.9. The molecule has 1 aliphatic carbocycles. The zero-order valence-corrected chi connectivity index (χ0v) is 10.4. The highest BCUT2D eigenvalue weighted by Crippen LogP contribution is 2.32. The first-order valence-electron chi connectivity index (χ1n) is 5.93. The van der Waals surface area contributed by atoms with Gasteiger partial charge in [0, 0.05) is 19.7 Å². The number of alkyl halides is 3. The van der Waals surface area contributed by atoms with Gasteiger partial charge in [-0.25, -0.2) is 4.98 Å². The zero-order valence-electron chi connectivity index (χ0n) is 10.4. The van der Waals surface area contributed by atoms with Crippen molar-refractivity contribution in [3.05, 3.63) is 11.8 Å². The Morgan fingerprint density at radius 3 is 2.53 bits per heavy atom. The van der Waals surface area contributed by atoms with E-state index in [1.807, 2.05) is 0 Å². The Hall–Kier alpha value is -1.57. The van der Waals surface area contributed by atoms with E-state index in [0.29, 0.717) is 12.8 Å². The Bertz CT molecular complexity index is 460. The first-order chi connectivity index (χ1) is 8.82. The molecule has 0 amide bonds. The molecule has 0 atom stereocenters. The second-order valence-electron chi connectivity index (χ2n) is 4.64. The fourth-order valence-corrected chi connectivity index (χ4v) is 1.81. The van der Waals surface area contributed by atoms with E-state index in [-0.39, 0.29) is 18.3 Å². The van der Waals surface area contributed by atoms with Crippen molar-refractivity contribution in [2.75, 3.05) is 24.2 Å². The second-order valence-corrected chi connectivity index (χ2v) is 4.64. The summed E-state index contributed by atoms with van der Waals surface area (Å²) in [5.74, 6) is -0.0649. The number of aliphatic hydroxyl groups is 1. The van der Waals surface area contributed by atoms with Gasteiger partial charge in [-0.15, -0.1) is 0 Å². The van der Waals surface area contributed by atoms with Gasteiger partial charge < -0.3 is 15.7 Å². The van der Waals surface area contributed by atoms with Crippen LogP contribution in [-0.2, 0) is 6.18 Å². The predicted octanol–water partition coefficient (Wildman–Crippen LogP) is 1.86. The van der Waals surface area contributed by atoms with E-state index in [0.717, 1.165) is 12.5 Å². The van der Waals surface area contributed by atoms with Crippen LogP contribution in [0, 0.1) is 0 Å². The molecule has 1 aromatic heterocycles. The van der Waals surface area contributed by atoms with E-state index in [9.17, 15) is 18.3 Å². The number of rotatable bonds is 4. The summed E-state index contributed by atoms with van der Waals surface area (Å²) in [6, 6.07) is 0.836. The molecule has 1 saturated carbocycles. The monoisotopic (exact) mass is 276 g/mol. The maximum absolute atomic E-state index is 12.6. The van der Waals surface area contributed by atoms with Gasteiger partial charge in [-0.05, 0) is 19.3 Å². The van der Waals surface area contributed by atoms with Crippen molar-refractivity contribution in [2.45, 2.75) is 31.0 Å². The molecule has 0 spiro atoms. The number of hydrogen-bond donors (Lipinski definition) is 3. The molecule has 3 N–H and O–H groups in total. The van der Waals surface area contributed by atoms with E-state index in [1.165, 1.54) is 7.05 Å². The smallest absolute Gasteiger partial charge is 0.388 e. The average molecular weight is 276 g/mol. The topological polar surface area (TPSA) is 70.1 Å². The Labute approximate surface area is 108 Å². The molecule has 5 nitrogen and oxygen atoms in total. The molecule has 1 fully saturated rings. The van der Waals surface area contributed by atoms with Crippen molar-refractivity contribution in [3.8, 4) is 0 Å². The minimum absolute atomic E-state index is 0.0481. The summed E-state index contributed by atoms with van der Waals surface area (Å²) in [5.41, 5.74) is -1.85. The van der Waals surface area contributed by atoms with Crippen LogP contribution in [0.25, 0.3) is 0 Å². The fourth-order valence-electron chi connectivity index (χ4n) is 1.81. The lowest BCUT2D eigenvalue weighted by Gasteiger charge is -2.36. The maximum atomic E-state index is 12.6. The van der Waals surface area contributed by atoms with E-state index < -0.39 is 17.5 Å². The Kier molecular flexibility index (Phi) is 3.53. The van der Waals surface area contributed by atoms with Crippen LogP contribution in [0.15, 0.2) is 6.07 Å². The Balaban J connectivity index is 2.15. The standard InChI is InChI=1S/C11H15F3N4O/c1-15-9-17-7(11(12,13)14)5-8(18-9)16-6-10(19)3-2-4-10/h5,19H,2-4,6H2,1H3,(H2,15,16,17,18). The van der Waals surface area contributed by atoms with Crippen LogP contribution in [0.4, 0.5) is 24.9 Å². The molecule has 106 valence electrons. The second kappa shape index (κ2) is 4.84.